The fourth-order valence-corrected chi connectivity index (χ4v) is 5.87. The Balaban J connectivity index is 1.20. The van der Waals surface area contributed by atoms with Crippen molar-refractivity contribution < 1.29 is 27.1 Å². The number of aromatic nitrogens is 3. The normalized spacial score (nSPS) is 17.6. The molecule has 1 spiro atoms. The van der Waals surface area contributed by atoms with Crippen molar-refractivity contribution in [3.05, 3.63) is 78.3 Å². The van der Waals surface area contributed by atoms with Gasteiger partial charge in [0.2, 0.25) is 5.95 Å². The molecule has 0 saturated carbocycles. The van der Waals surface area contributed by atoms with Crippen LogP contribution in [0.1, 0.15) is 44.0 Å². The number of carbonyl (C=O) groups is 1. The molecular weight excluding hydrogens is 538 g/mol. The van der Waals surface area contributed by atoms with Crippen LogP contribution in [0.5, 0.6) is 0 Å². The molecule has 7 nitrogen and oxygen atoms in total. The summed E-state index contributed by atoms with van der Waals surface area (Å²) in [6.45, 7) is 6.57. The predicted octanol–water partition coefficient (Wildman–Crippen LogP) is 6.83. The number of likely N-dealkylation sites (tertiary alicyclic amines) is 1. The maximum absolute atomic E-state index is 13.5. The van der Waals surface area contributed by atoms with Gasteiger partial charge in [-0.2, -0.15) is 17.6 Å². The number of benzene rings is 1. The molecule has 5 heterocycles. The number of fused-ring (bicyclic) bond motifs is 1. The van der Waals surface area contributed by atoms with E-state index in [4.69, 9.17) is 4.74 Å². The van der Waals surface area contributed by atoms with Gasteiger partial charge < -0.3 is 9.30 Å². The fourth-order valence-electron chi connectivity index (χ4n) is 5.87. The Morgan fingerprint density at radius 2 is 1.80 bits per heavy atom. The topological polar surface area (TPSA) is 63.5 Å². The van der Waals surface area contributed by atoms with Crippen molar-refractivity contribution in [1.29, 1.82) is 0 Å². The van der Waals surface area contributed by atoms with Gasteiger partial charge in [-0.25, -0.2) is 14.8 Å². The summed E-state index contributed by atoms with van der Waals surface area (Å²) >= 11 is 0. The highest BCUT2D eigenvalue weighted by atomic mass is 19.4. The smallest absolute Gasteiger partial charge is 0.433 e. The molecule has 0 aliphatic carbocycles. The van der Waals surface area contributed by atoms with Gasteiger partial charge in [-0.05, 0) is 55.3 Å². The Morgan fingerprint density at radius 1 is 1.02 bits per heavy atom. The zero-order valence-corrected chi connectivity index (χ0v) is 22.7. The summed E-state index contributed by atoms with van der Waals surface area (Å²) in [5.74, 6) is -0.524. The van der Waals surface area contributed by atoms with Crippen molar-refractivity contribution in [1.82, 2.24) is 19.4 Å². The van der Waals surface area contributed by atoms with Gasteiger partial charge in [-0.1, -0.05) is 12.1 Å². The number of amides is 1. The number of pyridine rings is 2. The largest absolute Gasteiger partial charge is 0.441 e. The van der Waals surface area contributed by atoms with Crippen LogP contribution in [0.3, 0.4) is 0 Å². The second-order valence-electron chi connectivity index (χ2n) is 11.0. The Hall–Kier alpha value is -3.99. The number of hydrogen-bond donors (Lipinski definition) is 0. The highest BCUT2D eigenvalue weighted by molar-refractivity contribution is 5.98. The van der Waals surface area contributed by atoms with Gasteiger partial charge >= 0.3 is 12.3 Å². The monoisotopic (exact) mass is 567 g/mol. The van der Waals surface area contributed by atoms with Crippen LogP contribution in [-0.4, -0.2) is 50.8 Å². The van der Waals surface area contributed by atoms with Crippen molar-refractivity contribution in [2.24, 2.45) is 0 Å². The Bertz CT molecular complexity index is 1570. The van der Waals surface area contributed by atoms with Crippen LogP contribution in [0.25, 0.3) is 22.0 Å². The quantitative estimate of drug-likeness (QED) is 0.196. The number of nitrogens with zero attached hydrogens (tertiary/aromatic N) is 5. The Labute approximate surface area is 234 Å². The van der Waals surface area contributed by atoms with Crippen LogP contribution in [0.4, 0.5) is 28.0 Å². The summed E-state index contributed by atoms with van der Waals surface area (Å²) in [5.41, 5.74) is 2.64. The third-order valence-corrected chi connectivity index (χ3v) is 8.01. The van der Waals surface area contributed by atoms with Crippen LogP contribution >= 0.6 is 0 Å². The van der Waals surface area contributed by atoms with E-state index in [1.165, 1.54) is 17.0 Å². The van der Waals surface area contributed by atoms with Crippen molar-refractivity contribution in [3.8, 4) is 11.1 Å². The molecule has 2 saturated heterocycles. The number of hydrogen-bond acceptors (Lipinski definition) is 5. The highest BCUT2D eigenvalue weighted by Crippen LogP contribution is 2.39. The molecule has 11 heteroatoms. The van der Waals surface area contributed by atoms with E-state index in [0.717, 1.165) is 39.9 Å². The molecule has 6 rings (SSSR count). The average Bonchev–Trinajstić information content (AvgIpc) is 3.48. The lowest BCUT2D eigenvalue weighted by Gasteiger charge is -2.37. The van der Waals surface area contributed by atoms with E-state index in [2.05, 4.69) is 45.5 Å². The summed E-state index contributed by atoms with van der Waals surface area (Å²) in [7, 11) is 0. The van der Waals surface area contributed by atoms with E-state index in [1.807, 2.05) is 12.1 Å². The number of ether oxygens (including phenoxy) is 1. The summed E-state index contributed by atoms with van der Waals surface area (Å²) in [6, 6.07) is 11.6. The molecule has 0 N–H and O–H groups in total. The maximum atomic E-state index is 13.5. The van der Waals surface area contributed by atoms with Crippen LogP contribution in [0, 0.1) is 5.95 Å². The third kappa shape index (κ3) is 5.14. The molecule has 0 atom stereocenters. The first kappa shape index (κ1) is 27.2. The van der Waals surface area contributed by atoms with Crippen molar-refractivity contribution >= 4 is 22.7 Å². The lowest BCUT2D eigenvalue weighted by Crippen LogP contribution is -2.46. The van der Waals surface area contributed by atoms with Crippen molar-refractivity contribution in [3.63, 3.8) is 0 Å². The second kappa shape index (κ2) is 10.1. The zero-order valence-electron chi connectivity index (χ0n) is 22.7. The van der Waals surface area contributed by atoms with Gasteiger partial charge in [0, 0.05) is 67.4 Å². The second-order valence-corrected chi connectivity index (χ2v) is 11.0. The number of halogens is 4. The SMILES string of the molecule is CC(C)n1cc(CN2CCC3(CC2)CN(c2ccc(C(F)(F)F)nc2)C(=O)O3)c2c(-c3ccc(F)nc3)cccc21. The lowest BCUT2D eigenvalue weighted by atomic mass is 9.91. The summed E-state index contributed by atoms with van der Waals surface area (Å²) in [5, 5.41) is 1.10. The van der Waals surface area contributed by atoms with E-state index in [1.54, 1.807) is 12.3 Å². The van der Waals surface area contributed by atoms with Gasteiger partial charge in [-0.15, -0.1) is 0 Å². The minimum absolute atomic E-state index is 0.237. The van der Waals surface area contributed by atoms with Crippen LogP contribution in [0.15, 0.2) is 61.1 Å². The summed E-state index contributed by atoms with van der Waals surface area (Å²) in [6.07, 6.45) is 0.874. The first-order valence-corrected chi connectivity index (χ1v) is 13.5. The molecule has 3 aromatic heterocycles. The summed E-state index contributed by atoms with van der Waals surface area (Å²) < 4.78 is 60.3. The molecule has 0 bridgehead atoms. The molecular formula is C30H29F4N5O2. The first-order chi connectivity index (χ1) is 19.5. The average molecular weight is 568 g/mol. The molecule has 1 aromatic carbocycles. The number of anilines is 1. The minimum Gasteiger partial charge on any atom is -0.441 e. The molecule has 214 valence electrons. The van der Waals surface area contributed by atoms with Crippen LogP contribution in [-0.2, 0) is 17.5 Å². The van der Waals surface area contributed by atoms with Crippen LogP contribution in [0.2, 0.25) is 0 Å². The van der Waals surface area contributed by atoms with E-state index in [-0.39, 0.29) is 18.3 Å². The van der Waals surface area contributed by atoms with Gasteiger partial charge in [0.15, 0.2) is 0 Å². The number of alkyl halides is 3. The molecule has 2 aliphatic heterocycles. The zero-order chi connectivity index (χ0) is 28.9. The molecule has 1 amide bonds. The fraction of sp³-hybridized carbons (Fsp3) is 0.367. The molecule has 0 unspecified atom stereocenters. The van der Waals surface area contributed by atoms with E-state index < -0.39 is 29.5 Å². The van der Waals surface area contributed by atoms with Crippen LogP contribution < -0.4 is 4.90 Å². The highest BCUT2D eigenvalue weighted by Gasteiger charge is 2.47. The van der Waals surface area contributed by atoms with Gasteiger partial charge in [0.1, 0.15) is 11.3 Å². The minimum atomic E-state index is -4.55. The molecule has 2 fully saturated rings. The number of piperidine rings is 1. The standard InChI is InChI=1S/C30H29F4N5O2/c1-19(2)38-17-21(27-23(4-3-5-24(27)38)20-6-9-26(31)36-14-20)16-37-12-10-29(11-13-37)18-39(28(40)41-29)22-7-8-25(35-15-22)30(32,33)34/h3-9,14-15,17,19H,10-13,16,18H2,1-2H3. The van der Waals surface area contributed by atoms with Gasteiger partial charge in [0.05, 0.1) is 18.4 Å². The predicted molar refractivity (Wildman–Crippen MR) is 146 cm³/mol. The van der Waals surface area contributed by atoms with Gasteiger partial charge in [0.25, 0.3) is 0 Å². The lowest BCUT2D eigenvalue weighted by molar-refractivity contribution is -0.141. The van der Waals surface area contributed by atoms with Crippen molar-refractivity contribution in [2.45, 2.75) is 51.1 Å². The molecule has 0 radical (unpaired) electrons. The first-order valence-electron chi connectivity index (χ1n) is 13.5. The number of carbonyl (C=O) groups excluding carboxylic acids is 1. The maximum Gasteiger partial charge on any atom is 0.433 e. The van der Waals surface area contributed by atoms with E-state index in [0.29, 0.717) is 32.5 Å². The van der Waals surface area contributed by atoms with E-state index >= 15 is 0 Å². The van der Waals surface area contributed by atoms with E-state index in [9.17, 15) is 22.4 Å². The Kier molecular flexibility index (Phi) is 6.72. The third-order valence-electron chi connectivity index (χ3n) is 8.01. The molecule has 41 heavy (non-hydrogen) atoms. The molecule has 4 aromatic rings. The number of rotatable bonds is 5. The Morgan fingerprint density at radius 3 is 2.44 bits per heavy atom. The van der Waals surface area contributed by atoms with Crippen molar-refractivity contribution in [2.75, 3.05) is 24.5 Å². The summed E-state index contributed by atoms with van der Waals surface area (Å²) in [4.78, 5) is 23.7. The van der Waals surface area contributed by atoms with Gasteiger partial charge in [-0.3, -0.25) is 9.80 Å². The molecule has 2 aliphatic rings.